The van der Waals surface area contributed by atoms with Gasteiger partial charge in [0.2, 0.25) is 0 Å². The Morgan fingerprint density at radius 1 is 0.478 bits per heavy atom. The van der Waals surface area contributed by atoms with Gasteiger partial charge in [-0.25, -0.2) is 0 Å². The van der Waals surface area contributed by atoms with Gasteiger partial charge < -0.3 is 0 Å². The van der Waals surface area contributed by atoms with Crippen LogP contribution in [0.3, 0.4) is 0 Å². The van der Waals surface area contributed by atoms with Crippen molar-refractivity contribution in [2.45, 2.75) is 0 Å². The maximum Gasteiger partial charge on any atom is 0.0181 e. The average molecular weight is 359 g/mol. The lowest BCUT2D eigenvalue weighted by atomic mass is 9.93. The Balaban J connectivity index is 1.94. The average Bonchev–Trinajstić information content (AvgIpc) is 2.62. The minimum Gasteiger partial charge on any atom is -0.0622 e. The normalized spacial score (nSPS) is 10.8. The van der Waals surface area contributed by atoms with Crippen molar-refractivity contribution in [3.8, 4) is 22.3 Å². The van der Waals surface area contributed by atoms with Crippen LogP contribution >= 0.6 is 15.9 Å². The zero-order valence-electron chi connectivity index (χ0n) is 12.5. The van der Waals surface area contributed by atoms with E-state index in [4.69, 9.17) is 0 Å². The van der Waals surface area contributed by atoms with Crippen LogP contribution < -0.4 is 0 Å². The molecule has 0 bridgehead atoms. The summed E-state index contributed by atoms with van der Waals surface area (Å²) < 4.78 is 1.10. The second-order valence-corrected chi connectivity index (χ2v) is 6.53. The van der Waals surface area contributed by atoms with Gasteiger partial charge >= 0.3 is 0 Å². The van der Waals surface area contributed by atoms with Crippen molar-refractivity contribution in [2.75, 3.05) is 0 Å². The Hall–Kier alpha value is -2.38. The van der Waals surface area contributed by atoms with Gasteiger partial charge in [0.25, 0.3) is 0 Å². The molecule has 0 N–H and O–H groups in total. The molecule has 0 aromatic heterocycles. The molecule has 0 nitrogen and oxygen atoms in total. The van der Waals surface area contributed by atoms with Gasteiger partial charge in [0.05, 0.1) is 0 Å². The third-order valence-corrected chi connectivity index (χ3v) is 4.62. The number of benzene rings is 4. The van der Waals surface area contributed by atoms with Crippen LogP contribution in [0.5, 0.6) is 0 Å². The molecule has 0 heterocycles. The first-order valence-electron chi connectivity index (χ1n) is 7.65. The van der Waals surface area contributed by atoms with Gasteiger partial charge in [0.15, 0.2) is 0 Å². The monoisotopic (exact) mass is 358 g/mol. The summed E-state index contributed by atoms with van der Waals surface area (Å²) in [5.74, 6) is 0. The molecule has 0 saturated carbocycles. The van der Waals surface area contributed by atoms with Crippen LogP contribution in [0, 0.1) is 0 Å². The van der Waals surface area contributed by atoms with Gasteiger partial charge in [-0.15, -0.1) is 0 Å². The van der Waals surface area contributed by atoms with Gasteiger partial charge in [-0.1, -0.05) is 88.7 Å². The van der Waals surface area contributed by atoms with Crippen molar-refractivity contribution < 1.29 is 0 Å². The Bertz CT molecular complexity index is 971. The van der Waals surface area contributed by atoms with Crippen LogP contribution in [-0.2, 0) is 0 Å². The standard InChI is InChI=1S/C22H15Br/c23-20-12-13-21(17-7-2-1-3-8-17)22(15-20)19-11-10-16-6-4-5-9-18(16)14-19/h1-15H. The second kappa shape index (κ2) is 6.02. The van der Waals surface area contributed by atoms with E-state index < -0.39 is 0 Å². The summed E-state index contributed by atoms with van der Waals surface area (Å²) in [6.45, 7) is 0. The van der Waals surface area contributed by atoms with Crippen LogP contribution in [0.2, 0.25) is 0 Å². The Labute approximate surface area is 144 Å². The lowest BCUT2D eigenvalue weighted by molar-refractivity contribution is 1.57. The first-order valence-corrected chi connectivity index (χ1v) is 8.45. The highest BCUT2D eigenvalue weighted by atomic mass is 79.9. The minimum atomic E-state index is 1.10. The van der Waals surface area contributed by atoms with E-state index in [0.717, 1.165) is 4.47 Å². The highest BCUT2D eigenvalue weighted by molar-refractivity contribution is 9.10. The van der Waals surface area contributed by atoms with Gasteiger partial charge in [0, 0.05) is 4.47 Å². The van der Waals surface area contributed by atoms with Crippen molar-refractivity contribution >= 4 is 26.7 Å². The quantitative estimate of drug-likeness (QED) is 0.364. The first-order chi connectivity index (χ1) is 11.3. The van der Waals surface area contributed by atoms with Gasteiger partial charge in [-0.2, -0.15) is 0 Å². The molecule has 0 atom stereocenters. The van der Waals surface area contributed by atoms with Crippen molar-refractivity contribution in [2.24, 2.45) is 0 Å². The highest BCUT2D eigenvalue weighted by Crippen LogP contribution is 2.35. The third-order valence-electron chi connectivity index (χ3n) is 4.13. The predicted octanol–water partition coefficient (Wildman–Crippen LogP) is 6.94. The molecule has 0 aliphatic rings. The summed E-state index contributed by atoms with van der Waals surface area (Å²) in [5.41, 5.74) is 4.98. The summed E-state index contributed by atoms with van der Waals surface area (Å²) in [6, 6.07) is 32.2. The molecule has 0 fully saturated rings. The third kappa shape index (κ3) is 2.80. The van der Waals surface area contributed by atoms with Crippen LogP contribution in [0.1, 0.15) is 0 Å². The zero-order valence-corrected chi connectivity index (χ0v) is 14.1. The summed E-state index contributed by atoms with van der Waals surface area (Å²) in [5, 5.41) is 2.54. The molecule has 110 valence electrons. The lowest BCUT2D eigenvalue weighted by Gasteiger charge is -2.12. The van der Waals surface area contributed by atoms with E-state index in [0.29, 0.717) is 0 Å². The molecule has 4 rings (SSSR count). The topological polar surface area (TPSA) is 0 Å². The van der Waals surface area contributed by atoms with Crippen LogP contribution in [0.15, 0.2) is 95.5 Å². The molecule has 0 aliphatic carbocycles. The zero-order chi connectivity index (χ0) is 15.6. The smallest absolute Gasteiger partial charge is 0.0181 e. The van der Waals surface area contributed by atoms with Crippen molar-refractivity contribution in [1.82, 2.24) is 0 Å². The van der Waals surface area contributed by atoms with Crippen LogP contribution in [0.4, 0.5) is 0 Å². The van der Waals surface area contributed by atoms with E-state index >= 15 is 0 Å². The maximum atomic E-state index is 3.62. The Morgan fingerprint density at radius 2 is 1.22 bits per heavy atom. The number of halogens is 1. The lowest BCUT2D eigenvalue weighted by Crippen LogP contribution is -1.86. The van der Waals surface area contributed by atoms with Crippen molar-refractivity contribution in [3.05, 3.63) is 95.5 Å². The molecular weight excluding hydrogens is 344 g/mol. The van der Waals surface area contributed by atoms with E-state index in [2.05, 4.69) is 107 Å². The Kier molecular flexibility index (Phi) is 3.72. The Morgan fingerprint density at radius 3 is 2.04 bits per heavy atom. The molecule has 0 radical (unpaired) electrons. The number of rotatable bonds is 2. The summed E-state index contributed by atoms with van der Waals surface area (Å²) in [4.78, 5) is 0. The summed E-state index contributed by atoms with van der Waals surface area (Å²) in [6.07, 6.45) is 0. The highest BCUT2D eigenvalue weighted by Gasteiger charge is 2.08. The molecule has 23 heavy (non-hydrogen) atoms. The number of hydrogen-bond acceptors (Lipinski definition) is 0. The van der Waals surface area contributed by atoms with Gasteiger partial charge in [-0.05, 0) is 51.2 Å². The molecule has 0 spiro atoms. The molecule has 0 unspecified atom stereocenters. The fraction of sp³-hybridized carbons (Fsp3) is 0. The van der Waals surface area contributed by atoms with E-state index in [1.165, 1.54) is 33.0 Å². The summed E-state index contributed by atoms with van der Waals surface area (Å²) in [7, 11) is 0. The molecule has 0 aliphatic heterocycles. The van der Waals surface area contributed by atoms with Gasteiger partial charge in [-0.3, -0.25) is 0 Å². The summed E-state index contributed by atoms with van der Waals surface area (Å²) >= 11 is 3.62. The van der Waals surface area contributed by atoms with E-state index in [9.17, 15) is 0 Å². The van der Waals surface area contributed by atoms with Gasteiger partial charge in [0.1, 0.15) is 0 Å². The fourth-order valence-electron chi connectivity index (χ4n) is 2.98. The van der Waals surface area contributed by atoms with Crippen LogP contribution in [0.25, 0.3) is 33.0 Å². The predicted molar refractivity (Wildman–Crippen MR) is 103 cm³/mol. The largest absolute Gasteiger partial charge is 0.0622 e. The molecule has 4 aromatic rings. The SMILES string of the molecule is Brc1ccc(-c2ccccc2)c(-c2ccc3ccccc3c2)c1. The molecule has 0 amide bonds. The van der Waals surface area contributed by atoms with E-state index in [1.807, 2.05) is 0 Å². The number of fused-ring (bicyclic) bond motifs is 1. The van der Waals surface area contributed by atoms with Crippen molar-refractivity contribution in [3.63, 3.8) is 0 Å². The minimum absolute atomic E-state index is 1.10. The first kappa shape index (κ1) is 14.2. The molecule has 4 aromatic carbocycles. The van der Waals surface area contributed by atoms with Crippen molar-refractivity contribution in [1.29, 1.82) is 0 Å². The number of hydrogen-bond donors (Lipinski definition) is 0. The second-order valence-electron chi connectivity index (χ2n) is 5.62. The van der Waals surface area contributed by atoms with E-state index in [-0.39, 0.29) is 0 Å². The van der Waals surface area contributed by atoms with Crippen LogP contribution in [-0.4, -0.2) is 0 Å². The van der Waals surface area contributed by atoms with E-state index in [1.54, 1.807) is 0 Å². The molecule has 0 saturated heterocycles. The fourth-order valence-corrected chi connectivity index (χ4v) is 3.34. The molecule has 1 heteroatoms. The maximum absolute atomic E-state index is 3.62. The molecular formula is C22H15Br.